The number of unbranched alkanes of at least 4 members (excludes halogenated alkanes) is 1. The average Bonchev–Trinajstić information content (AvgIpc) is 3.26. The topological polar surface area (TPSA) is 185 Å². The van der Waals surface area contributed by atoms with Gasteiger partial charge in [0.1, 0.15) is 24.0 Å². The molecule has 0 aliphatic rings. The molecule has 0 fully saturated rings. The Morgan fingerprint density at radius 3 is 1.25 bits per heavy atom. The van der Waals surface area contributed by atoms with Crippen molar-refractivity contribution in [3.05, 3.63) is 91.0 Å². The van der Waals surface area contributed by atoms with Crippen molar-refractivity contribution in [2.24, 2.45) is 23.2 Å². The number of carbonyl (C=O) groups is 6. The summed E-state index contributed by atoms with van der Waals surface area (Å²) in [5, 5.41) is 8.42. The fourth-order valence-corrected chi connectivity index (χ4v) is 5.01. The quantitative estimate of drug-likeness (QED) is 0.0345. The summed E-state index contributed by atoms with van der Waals surface area (Å²) in [5.41, 5.74) is 0.0572. The van der Waals surface area contributed by atoms with Crippen LogP contribution < -0.4 is 30.2 Å². The Labute approximate surface area is 374 Å². The summed E-state index contributed by atoms with van der Waals surface area (Å²) >= 11 is 0. The molecular weight excluding hydrogens is 807 g/mol. The largest absolute Gasteiger partial charge is 0.427 e. The Morgan fingerprint density at radius 2 is 0.905 bits per heavy atom. The average molecular weight is 878 g/mol. The molecule has 0 aliphatic heterocycles. The van der Waals surface area contributed by atoms with Gasteiger partial charge in [-0.2, -0.15) is 0 Å². The first-order valence-electron chi connectivity index (χ1n) is 21.7. The van der Waals surface area contributed by atoms with Crippen LogP contribution in [0.2, 0.25) is 0 Å². The van der Waals surface area contributed by atoms with Gasteiger partial charge >= 0.3 is 17.9 Å². The maximum atomic E-state index is 11.9. The molecule has 3 aromatic rings. The highest BCUT2D eigenvalue weighted by molar-refractivity contribution is 5.81. The van der Waals surface area contributed by atoms with Gasteiger partial charge in [-0.15, -0.1) is 0 Å². The van der Waals surface area contributed by atoms with E-state index in [4.69, 9.17) is 23.7 Å². The zero-order valence-corrected chi connectivity index (χ0v) is 38.6. The number of hydrogen-bond acceptors (Lipinski definition) is 11. The molecule has 3 aromatic carbocycles. The fraction of sp³-hybridized carbons (Fsp3) is 0.510. The number of carbonyl (C=O) groups excluding carboxylic acids is 6. The molecule has 0 aromatic heterocycles. The van der Waals surface area contributed by atoms with Gasteiger partial charge in [0.05, 0.1) is 13.2 Å². The number of para-hydroxylation sites is 3. The number of hydrogen-bond donors (Lipinski definition) is 3. The van der Waals surface area contributed by atoms with Crippen LogP contribution in [0.4, 0.5) is 0 Å². The predicted molar refractivity (Wildman–Crippen MR) is 243 cm³/mol. The molecule has 0 saturated carbocycles. The van der Waals surface area contributed by atoms with E-state index in [2.05, 4.69) is 43.6 Å². The number of ether oxygens (including phenoxy) is 5. The van der Waals surface area contributed by atoms with E-state index in [0.29, 0.717) is 62.8 Å². The van der Waals surface area contributed by atoms with Crippen LogP contribution >= 0.6 is 0 Å². The van der Waals surface area contributed by atoms with Crippen LogP contribution in [0, 0.1) is 23.2 Å². The highest BCUT2D eigenvalue weighted by Crippen LogP contribution is 2.16. The normalized spacial score (nSPS) is 12.0. The van der Waals surface area contributed by atoms with Gasteiger partial charge in [0.25, 0.3) is 0 Å². The van der Waals surface area contributed by atoms with E-state index in [1.54, 1.807) is 62.6 Å². The zero-order chi connectivity index (χ0) is 46.9. The monoisotopic (exact) mass is 878 g/mol. The Kier molecular flexibility index (Phi) is 29.0. The molecule has 3 rings (SSSR count). The molecule has 0 aliphatic carbocycles. The van der Waals surface area contributed by atoms with Gasteiger partial charge < -0.3 is 39.6 Å². The van der Waals surface area contributed by atoms with Crippen LogP contribution in [-0.2, 0) is 38.2 Å². The third-order valence-electron chi connectivity index (χ3n) is 9.01. The summed E-state index contributed by atoms with van der Waals surface area (Å²) in [6, 6.07) is 26.8. The Morgan fingerprint density at radius 1 is 0.540 bits per heavy atom. The molecule has 3 N–H and O–H groups in total. The van der Waals surface area contributed by atoms with Gasteiger partial charge in [-0.3, -0.25) is 28.8 Å². The number of rotatable bonds is 24. The van der Waals surface area contributed by atoms with E-state index in [9.17, 15) is 28.8 Å². The zero-order valence-electron chi connectivity index (χ0n) is 38.6. The second kappa shape index (κ2) is 33.0. The molecule has 0 spiro atoms. The van der Waals surface area contributed by atoms with E-state index < -0.39 is 0 Å². The van der Waals surface area contributed by atoms with Gasteiger partial charge in [-0.05, 0) is 67.5 Å². The van der Waals surface area contributed by atoms with E-state index in [0.717, 1.165) is 12.8 Å². The Bertz CT molecular complexity index is 1740. The van der Waals surface area contributed by atoms with Gasteiger partial charge in [0.2, 0.25) is 17.7 Å². The van der Waals surface area contributed by atoms with E-state index >= 15 is 0 Å². The van der Waals surface area contributed by atoms with Crippen molar-refractivity contribution in [1.29, 1.82) is 0 Å². The van der Waals surface area contributed by atoms with Gasteiger partial charge in [0.15, 0.2) is 0 Å². The maximum Gasteiger partial charge on any atom is 0.311 e. The summed E-state index contributed by atoms with van der Waals surface area (Å²) in [7, 11) is 1.58. The minimum atomic E-state index is -0.345. The van der Waals surface area contributed by atoms with Crippen molar-refractivity contribution in [3.8, 4) is 17.2 Å². The van der Waals surface area contributed by atoms with Crippen LogP contribution in [0.3, 0.4) is 0 Å². The van der Waals surface area contributed by atoms with Gasteiger partial charge in [0, 0.05) is 57.2 Å². The summed E-state index contributed by atoms with van der Waals surface area (Å²) in [5.74, 6) is -0.183. The summed E-state index contributed by atoms with van der Waals surface area (Å²) < 4.78 is 25.5. The summed E-state index contributed by atoms with van der Waals surface area (Å²) in [6.45, 7) is 16.1. The van der Waals surface area contributed by atoms with Crippen LogP contribution in [0.1, 0.15) is 99.8 Å². The van der Waals surface area contributed by atoms with Crippen molar-refractivity contribution in [2.75, 3.05) is 40.1 Å². The number of methoxy groups -OCH3 is 1. The second-order valence-electron chi connectivity index (χ2n) is 16.2. The van der Waals surface area contributed by atoms with Crippen molar-refractivity contribution in [3.63, 3.8) is 0 Å². The number of esters is 3. The van der Waals surface area contributed by atoms with Crippen LogP contribution in [-0.4, -0.2) is 75.8 Å². The Hall–Kier alpha value is -5.60. The van der Waals surface area contributed by atoms with E-state index in [1.165, 1.54) is 0 Å². The molecule has 63 heavy (non-hydrogen) atoms. The predicted octanol–water partition coefficient (Wildman–Crippen LogP) is 7.84. The standard InChI is InChI=1S/C17H25NO3.C16H23NO5.C16H23NO3/c1-13(16(20)18-12-17(2,3)4)10-11-15(19)21-14-8-6-5-7-9-14;1-13(16(19)17-12-21-11-10-20-2)8-9-15(18)22-14-6-4-3-5-7-14;1-3-4-12-17-16(19)13(2)10-11-15(18)20-14-8-6-5-7-9-14/h5-9,13H,10-12H2,1-4H3,(H,18,20);3-7,13H,8-12H2,1-2H3,(H,17,19);5-9,13H,3-4,10-12H2,1-2H3,(H,17,19). The Balaban J connectivity index is 0.000000473. The molecule has 14 nitrogen and oxygen atoms in total. The third-order valence-corrected chi connectivity index (χ3v) is 9.01. The molecule has 3 amide bonds. The van der Waals surface area contributed by atoms with Gasteiger partial charge in [-0.25, -0.2) is 0 Å². The minimum absolute atomic E-state index is 0.00552. The van der Waals surface area contributed by atoms with Gasteiger partial charge in [-0.1, -0.05) is 109 Å². The SMILES string of the molecule is CC(CCC(=O)Oc1ccccc1)C(=O)NCC(C)(C)C.CCCCNC(=O)C(C)CCC(=O)Oc1ccccc1.COCCOCNC(=O)C(C)CCC(=O)Oc1ccccc1. The highest BCUT2D eigenvalue weighted by atomic mass is 16.5. The molecule has 0 heterocycles. The molecular formula is C49H71N3O11. The lowest BCUT2D eigenvalue weighted by Gasteiger charge is -2.20. The lowest BCUT2D eigenvalue weighted by molar-refractivity contribution is -0.136. The van der Waals surface area contributed by atoms with Crippen molar-refractivity contribution in [2.45, 2.75) is 99.8 Å². The third kappa shape index (κ3) is 29.4. The smallest absolute Gasteiger partial charge is 0.311 e. The fourth-order valence-electron chi connectivity index (χ4n) is 5.01. The number of nitrogens with one attached hydrogen (secondary N) is 3. The maximum absolute atomic E-state index is 11.9. The number of amides is 3. The molecule has 0 radical (unpaired) electrons. The second-order valence-corrected chi connectivity index (χ2v) is 16.2. The van der Waals surface area contributed by atoms with Crippen LogP contribution in [0.25, 0.3) is 0 Å². The highest BCUT2D eigenvalue weighted by Gasteiger charge is 2.19. The molecule has 348 valence electrons. The van der Waals surface area contributed by atoms with Crippen molar-refractivity contribution in [1.82, 2.24) is 16.0 Å². The lowest BCUT2D eigenvalue weighted by atomic mass is 9.96. The minimum Gasteiger partial charge on any atom is -0.427 e. The van der Waals surface area contributed by atoms with E-state index in [-0.39, 0.29) is 84.8 Å². The first-order valence-corrected chi connectivity index (χ1v) is 21.7. The number of benzene rings is 3. The summed E-state index contributed by atoms with van der Waals surface area (Å²) in [4.78, 5) is 70.4. The molecule has 3 unspecified atom stereocenters. The van der Waals surface area contributed by atoms with Crippen LogP contribution in [0.5, 0.6) is 17.2 Å². The van der Waals surface area contributed by atoms with E-state index in [1.807, 2.05) is 56.3 Å². The first kappa shape index (κ1) is 55.4. The first-order chi connectivity index (χ1) is 30.0. The molecule has 14 heteroatoms. The lowest BCUT2D eigenvalue weighted by Crippen LogP contribution is -2.35. The van der Waals surface area contributed by atoms with Crippen molar-refractivity contribution >= 4 is 35.6 Å². The molecule has 3 atom stereocenters. The molecule has 0 bridgehead atoms. The summed E-state index contributed by atoms with van der Waals surface area (Å²) in [6.07, 6.45) is 4.12. The van der Waals surface area contributed by atoms with Crippen molar-refractivity contribution < 1.29 is 52.5 Å². The molecule has 0 saturated heterocycles. The van der Waals surface area contributed by atoms with Crippen LogP contribution in [0.15, 0.2) is 91.0 Å².